The van der Waals surface area contributed by atoms with Crippen LogP contribution in [0.15, 0.2) is 33.9 Å². The van der Waals surface area contributed by atoms with E-state index in [1.165, 1.54) is 19.3 Å². The van der Waals surface area contributed by atoms with Crippen molar-refractivity contribution in [2.24, 2.45) is 4.99 Å². The molecule has 0 atom stereocenters. The van der Waals surface area contributed by atoms with Gasteiger partial charge in [-0.05, 0) is 30.5 Å². The van der Waals surface area contributed by atoms with Crippen LogP contribution in [-0.4, -0.2) is 16.5 Å². The molecule has 1 aromatic carbocycles. The SMILES string of the molecule is Clc1ccc(CNC2=Nc3oncc3NC23CCCCC3)cc1Cl. The normalized spacial score (nSPS) is 18.7. The minimum absolute atomic E-state index is 0.160. The van der Waals surface area contributed by atoms with Crippen LogP contribution < -0.4 is 10.6 Å². The highest BCUT2D eigenvalue weighted by Gasteiger charge is 2.41. The number of halogens is 2. The number of rotatable bonds is 2. The van der Waals surface area contributed by atoms with Gasteiger partial charge in [0.15, 0.2) is 0 Å². The molecule has 1 aliphatic heterocycles. The molecule has 0 radical (unpaired) electrons. The third kappa shape index (κ3) is 2.87. The minimum atomic E-state index is -0.160. The highest BCUT2D eigenvalue weighted by molar-refractivity contribution is 6.42. The summed E-state index contributed by atoms with van der Waals surface area (Å²) in [4.78, 5) is 4.69. The van der Waals surface area contributed by atoms with Gasteiger partial charge in [-0.25, -0.2) is 0 Å². The molecule has 1 aromatic heterocycles. The molecular weight excluding hydrogens is 347 g/mol. The maximum absolute atomic E-state index is 6.10. The summed E-state index contributed by atoms with van der Waals surface area (Å²) >= 11 is 12.1. The van der Waals surface area contributed by atoms with E-state index in [-0.39, 0.29) is 5.54 Å². The van der Waals surface area contributed by atoms with Gasteiger partial charge in [-0.3, -0.25) is 0 Å². The summed E-state index contributed by atoms with van der Waals surface area (Å²) in [6.45, 7) is 0.628. The fourth-order valence-corrected chi connectivity index (χ4v) is 3.81. The quantitative estimate of drug-likeness (QED) is 0.792. The Morgan fingerprint density at radius 2 is 2.00 bits per heavy atom. The first-order valence-corrected chi connectivity index (χ1v) is 8.92. The van der Waals surface area contributed by atoms with E-state index in [2.05, 4.69) is 15.8 Å². The number of benzene rings is 1. The van der Waals surface area contributed by atoms with Crippen molar-refractivity contribution >= 4 is 40.6 Å². The van der Waals surface area contributed by atoms with Gasteiger partial charge in [0.25, 0.3) is 5.88 Å². The van der Waals surface area contributed by atoms with Gasteiger partial charge in [0.1, 0.15) is 11.5 Å². The predicted molar refractivity (Wildman–Crippen MR) is 96.3 cm³/mol. The Bertz CT molecular complexity index is 781. The van der Waals surface area contributed by atoms with Crippen molar-refractivity contribution in [3.05, 3.63) is 40.0 Å². The molecule has 4 rings (SSSR count). The molecule has 1 fully saturated rings. The van der Waals surface area contributed by atoms with Crippen LogP contribution in [0.4, 0.5) is 11.6 Å². The summed E-state index contributed by atoms with van der Waals surface area (Å²) in [5, 5.41) is 12.0. The molecule has 0 saturated heterocycles. The molecule has 2 aliphatic rings. The first-order valence-electron chi connectivity index (χ1n) is 8.16. The van der Waals surface area contributed by atoms with Crippen LogP contribution in [-0.2, 0) is 6.54 Å². The molecule has 0 unspecified atom stereocenters. The third-order valence-corrected chi connectivity index (χ3v) is 5.48. The second kappa shape index (κ2) is 6.30. The van der Waals surface area contributed by atoms with Gasteiger partial charge in [0, 0.05) is 6.54 Å². The van der Waals surface area contributed by atoms with Crippen LogP contribution in [0.3, 0.4) is 0 Å². The average Bonchev–Trinajstić information content (AvgIpc) is 3.03. The van der Waals surface area contributed by atoms with Crippen molar-refractivity contribution in [1.82, 2.24) is 10.5 Å². The number of aliphatic imine (C=N–C) groups is 1. The monoisotopic (exact) mass is 364 g/mol. The molecule has 1 aliphatic carbocycles. The van der Waals surface area contributed by atoms with Gasteiger partial charge < -0.3 is 15.2 Å². The fraction of sp³-hybridized carbons (Fsp3) is 0.412. The predicted octanol–water partition coefficient (Wildman–Crippen LogP) is 4.93. The van der Waals surface area contributed by atoms with Crippen molar-refractivity contribution < 1.29 is 4.52 Å². The van der Waals surface area contributed by atoms with E-state index in [4.69, 9.17) is 32.7 Å². The molecule has 126 valence electrons. The molecule has 0 amide bonds. The summed E-state index contributed by atoms with van der Waals surface area (Å²) in [5.74, 6) is 1.44. The van der Waals surface area contributed by atoms with Gasteiger partial charge in [-0.1, -0.05) is 53.7 Å². The van der Waals surface area contributed by atoms with E-state index < -0.39 is 0 Å². The van der Waals surface area contributed by atoms with E-state index in [1.54, 1.807) is 6.20 Å². The minimum Gasteiger partial charge on any atom is -0.367 e. The Kier molecular flexibility index (Phi) is 4.14. The van der Waals surface area contributed by atoms with Crippen LogP contribution in [0.25, 0.3) is 0 Å². The molecule has 2 N–H and O–H groups in total. The summed E-state index contributed by atoms with van der Waals surface area (Å²) in [6, 6.07) is 5.65. The number of nitrogens with one attached hydrogen (secondary N) is 2. The topological polar surface area (TPSA) is 62.5 Å². The summed E-state index contributed by atoms with van der Waals surface area (Å²) in [6.07, 6.45) is 7.42. The maximum Gasteiger partial charge on any atom is 0.275 e. The van der Waals surface area contributed by atoms with Crippen molar-refractivity contribution in [2.45, 2.75) is 44.2 Å². The van der Waals surface area contributed by atoms with Crippen molar-refractivity contribution in [2.75, 3.05) is 5.32 Å². The summed E-state index contributed by atoms with van der Waals surface area (Å²) in [5.41, 5.74) is 1.77. The van der Waals surface area contributed by atoms with Gasteiger partial charge in [0.05, 0.1) is 21.8 Å². The Morgan fingerprint density at radius 1 is 1.17 bits per heavy atom. The second-order valence-electron chi connectivity index (χ2n) is 6.37. The Morgan fingerprint density at radius 3 is 2.79 bits per heavy atom. The zero-order valence-corrected chi connectivity index (χ0v) is 14.6. The van der Waals surface area contributed by atoms with Gasteiger partial charge in [-0.15, -0.1) is 0 Å². The van der Waals surface area contributed by atoms with Crippen LogP contribution in [0.2, 0.25) is 10.0 Å². The van der Waals surface area contributed by atoms with Crippen LogP contribution in [0.5, 0.6) is 0 Å². The second-order valence-corrected chi connectivity index (χ2v) is 7.19. The van der Waals surface area contributed by atoms with Crippen LogP contribution in [0, 0.1) is 0 Å². The molecule has 24 heavy (non-hydrogen) atoms. The van der Waals surface area contributed by atoms with Gasteiger partial charge >= 0.3 is 0 Å². The smallest absolute Gasteiger partial charge is 0.275 e. The van der Waals surface area contributed by atoms with E-state index >= 15 is 0 Å². The molecule has 7 heteroatoms. The van der Waals surface area contributed by atoms with Crippen LogP contribution in [0.1, 0.15) is 37.7 Å². The lowest BCUT2D eigenvalue weighted by atomic mass is 9.79. The van der Waals surface area contributed by atoms with E-state index in [0.29, 0.717) is 22.5 Å². The van der Waals surface area contributed by atoms with Gasteiger partial charge in [0.2, 0.25) is 0 Å². The van der Waals surface area contributed by atoms with Crippen LogP contribution >= 0.6 is 23.2 Å². The third-order valence-electron chi connectivity index (χ3n) is 4.74. The Balaban J connectivity index is 1.59. The molecule has 2 aromatic rings. The van der Waals surface area contributed by atoms with Crippen molar-refractivity contribution in [1.29, 1.82) is 0 Å². The van der Waals surface area contributed by atoms with E-state index in [1.807, 2.05) is 18.2 Å². The highest BCUT2D eigenvalue weighted by Crippen LogP contribution is 2.40. The number of nitrogens with zero attached hydrogens (tertiary/aromatic N) is 2. The lowest BCUT2D eigenvalue weighted by Gasteiger charge is -2.41. The number of fused-ring (bicyclic) bond motifs is 1. The zero-order chi connectivity index (χ0) is 16.6. The molecule has 0 bridgehead atoms. The fourth-order valence-electron chi connectivity index (χ4n) is 3.49. The summed E-state index contributed by atoms with van der Waals surface area (Å²) in [7, 11) is 0. The molecule has 1 spiro atoms. The lowest BCUT2D eigenvalue weighted by molar-refractivity contribution is 0.390. The number of hydrogen-bond acceptors (Lipinski definition) is 5. The standard InChI is InChI=1S/C17H18Cl2N4O/c18-12-5-4-11(8-13(12)19)9-20-16-17(6-2-1-3-7-17)23-14-10-21-24-15(14)22-16/h4-5,8,10,23H,1-3,6-7,9H2,(H,20,22). The highest BCUT2D eigenvalue weighted by atomic mass is 35.5. The maximum atomic E-state index is 6.10. The molecule has 1 saturated carbocycles. The molecule has 5 nitrogen and oxygen atoms in total. The summed E-state index contributed by atoms with van der Waals surface area (Å²) < 4.78 is 5.23. The zero-order valence-electron chi connectivity index (χ0n) is 13.1. The van der Waals surface area contributed by atoms with Crippen molar-refractivity contribution in [3.63, 3.8) is 0 Å². The Hall–Kier alpha value is -1.72. The number of anilines is 1. The first-order chi connectivity index (χ1) is 11.7. The number of amidine groups is 1. The van der Waals surface area contributed by atoms with Gasteiger partial charge in [-0.2, -0.15) is 4.99 Å². The van der Waals surface area contributed by atoms with E-state index in [0.717, 1.165) is 29.9 Å². The molecular formula is C17H18Cl2N4O. The number of aromatic nitrogens is 1. The lowest BCUT2D eigenvalue weighted by Crippen LogP contribution is -2.54. The van der Waals surface area contributed by atoms with E-state index in [9.17, 15) is 0 Å². The molecule has 2 heterocycles. The Labute approximate surface area is 150 Å². The average molecular weight is 365 g/mol. The number of hydrogen-bond donors (Lipinski definition) is 2. The van der Waals surface area contributed by atoms with Crippen molar-refractivity contribution in [3.8, 4) is 0 Å². The largest absolute Gasteiger partial charge is 0.367 e. The first kappa shape index (κ1) is 15.8.